The van der Waals surface area contributed by atoms with E-state index >= 15 is 0 Å². The first-order valence-corrected chi connectivity index (χ1v) is 4.98. The van der Waals surface area contributed by atoms with Crippen molar-refractivity contribution in [3.8, 4) is 0 Å². The minimum absolute atomic E-state index is 0.0735. The fraction of sp³-hybridized carbons (Fsp3) is 0.600. The number of rotatable bonds is 6. The van der Waals surface area contributed by atoms with Crippen LogP contribution in [-0.4, -0.2) is 41.9 Å². The number of likely N-dealkylation sites (N-methyl/N-ethyl adjacent to an activating group) is 1. The first kappa shape index (κ1) is 11.9. The van der Waals surface area contributed by atoms with E-state index in [1.807, 2.05) is 18.9 Å². The summed E-state index contributed by atoms with van der Waals surface area (Å²) < 4.78 is 5.24. The molecule has 1 N–H and O–H groups in total. The van der Waals surface area contributed by atoms with Crippen LogP contribution >= 0.6 is 0 Å². The monoisotopic (exact) mass is 211 g/mol. The van der Waals surface area contributed by atoms with E-state index in [1.54, 1.807) is 12.4 Å². The van der Waals surface area contributed by atoms with Gasteiger partial charge >= 0.3 is 0 Å². The molecule has 84 valence electrons. The Balaban J connectivity index is 2.46. The third-order valence-corrected chi connectivity index (χ3v) is 2.02. The van der Waals surface area contributed by atoms with Gasteiger partial charge in [-0.25, -0.2) is 4.98 Å². The second-order valence-electron chi connectivity index (χ2n) is 3.14. The van der Waals surface area contributed by atoms with Crippen molar-refractivity contribution in [3.63, 3.8) is 0 Å². The smallest absolute Gasteiger partial charge is 0.146 e. The summed E-state index contributed by atoms with van der Waals surface area (Å²) in [6.07, 6.45) is 3.23. The molecule has 0 radical (unpaired) electrons. The number of hydrogen-bond donors (Lipinski definition) is 1. The van der Waals surface area contributed by atoms with Crippen LogP contribution in [0.2, 0.25) is 0 Å². The van der Waals surface area contributed by atoms with Crippen LogP contribution in [0.1, 0.15) is 12.6 Å². The number of aliphatic hydroxyl groups is 1. The van der Waals surface area contributed by atoms with Crippen LogP contribution in [0.3, 0.4) is 0 Å². The molecule has 0 saturated carbocycles. The molecule has 1 heterocycles. The molecule has 0 unspecified atom stereocenters. The predicted octanol–water partition coefficient (Wildman–Crippen LogP) is 0.442. The van der Waals surface area contributed by atoms with E-state index in [-0.39, 0.29) is 6.61 Å². The van der Waals surface area contributed by atoms with E-state index in [9.17, 15) is 0 Å². The minimum atomic E-state index is -0.0735. The van der Waals surface area contributed by atoms with Crippen molar-refractivity contribution in [2.24, 2.45) is 0 Å². The van der Waals surface area contributed by atoms with Gasteiger partial charge in [0.05, 0.1) is 31.3 Å². The second-order valence-corrected chi connectivity index (χ2v) is 3.14. The van der Waals surface area contributed by atoms with Crippen LogP contribution < -0.4 is 4.90 Å². The third-order valence-electron chi connectivity index (χ3n) is 2.02. The topological polar surface area (TPSA) is 58.5 Å². The molecule has 0 aliphatic heterocycles. The first-order chi connectivity index (χ1) is 7.27. The van der Waals surface area contributed by atoms with Crippen molar-refractivity contribution in [1.82, 2.24) is 9.97 Å². The quantitative estimate of drug-likeness (QED) is 0.692. The van der Waals surface area contributed by atoms with Gasteiger partial charge in [-0.2, -0.15) is 0 Å². The minimum Gasteiger partial charge on any atom is -0.390 e. The van der Waals surface area contributed by atoms with Crippen LogP contribution in [0.4, 0.5) is 5.82 Å². The summed E-state index contributed by atoms with van der Waals surface area (Å²) in [6, 6.07) is 0. The summed E-state index contributed by atoms with van der Waals surface area (Å²) in [6.45, 7) is 4.08. The van der Waals surface area contributed by atoms with Gasteiger partial charge in [0.25, 0.3) is 0 Å². The number of hydrogen-bond acceptors (Lipinski definition) is 5. The number of aromatic nitrogens is 2. The molecule has 5 nitrogen and oxygen atoms in total. The summed E-state index contributed by atoms with van der Waals surface area (Å²) >= 11 is 0. The van der Waals surface area contributed by atoms with E-state index in [0.29, 0.717) is 12.3 Å². The van der Waals surface area contributed by atoms with Crippen LogP contribution in [0.5, 0.6) is 0 Å². The summed E-state index contributed by atoms with van der Waals surface area (Å²) in [5.41, 5.74) is 0.581. The van der Waals surface area contributed by atoms with Crippen LogP contribution in [-0.2, 0) is 11.3 Å². The Kier molecular flexibility index (Phi) is 5.00. The molecule has 0 fully saturated rings. The standard InChI is InChI=1S/C10H17N3O2/c1-3-15-5-4-13(2)10-7-11-9(8-14)6-12-10/h6-7,14H,3-5,8H2,1-2H3. The number of ether oxygens (including phenoxy) is 1. The molecule has 15 heavy (non-hydrogen) atoms. The Bertz CT molecular complexity index is 277. The molecular formula is C10H17N3O2. The van der Waals surface area contributed by atoms with Gasteiger partial charge in [0, 0.05) is 20.2 Å². The lowest BCUT2D eigenvalue weighted by Gasteiger charge is -2.17. The van der Waals surface area contributed by atoms with Gasteiger partial charge < -0.3 is 14.7 Å². The maximum absolute atomic E-state index is 8.80. The SMILES string of the molecule is CCOCCN(C)c1cnc(CO)cn1. The van der Waals surface area contributed by atoms with Crippen molar-refractivity contribution in [2.45, 2.75) is 13.5 Å². The highest BCUT2D eigenvalue weighted by Crippen LogP contribution is 2.06. The molecular weight excluding hydrogens is 194 g/mol. The summed E-state index contributed by atoms with van der Waals surface area (Å²) in [5.74, 6) is 0.784. The zero-order chi connectivity index (χ0) is 11.1. The van der Waals surface area contributed by atoms with Gasteiger partial charge in [0.2, 0.25) is 0 Å². The molecule has 0 aliphatic carbocycles. The van der Waals surface area contributed by atoms with Crippen molar-refractivity contribution >= 4 is 5.82 Å². The van der Waals surface area contributed by atoms with E-state index in [0.717, 1.165) is 19.0 Å². The number of aliphatic hydroxyl groups excluding tert-OH is 1. The van der Waals surface area contributed by atoms with Crippen LogP contribution in [0.15, 0.2) is 12.4 Å². The number of anilines is 1. The van der Waals surface area contributed by atoms with Crippen molar-refractivity contribution in [1.29, 1.82) is 0 Å². The maximum atomic E-state index is 8.80. The van der Waals surface area contributed by atoms with E-state index in [2.05, 4.69) is 9.97 Å². The highest BCUT2D eigenvalue weighted by molar-refractivity contribution is 5.34. The lowest BCUT2D eigenvalue weighted by molar-refractivity contribution is 0.154. The normalized spacial score (nSPS) is 10.3. The number of nitrogens with zero attached hydrogens (tertiary/aromatic N) is 3. The van der Waals surface area contributed by atoms with Crippen molar-refractivity contribution < 1.29 is 9.84 Å². The van der Waals surface area contributed by atoms with Gasteiger partial charge in [-0.05, 0) is 6.92 Å². The molecule has 0 aromatic carbocycles. The highest BCUT2D eigenvalue weighted by atomic mass is 16.5. The van der Waals surface area contributed by atoms with Crippen molar-refractivity contribution in [3.05, 3.63) is 18.1 Å². The molecule has 1 rings (SSSR count). The second kappa shape index (κ2) is 6.31. The molecule has 1 aromatic rings. The van der Waals surface area contributed by atoms with Crippen LogP contribution in [0.25, 0.3) is 0 Å². The lowest BCUT2D eigenvalue weighted by Crippen LogP contribution is -2.23. The maximum Gasteiger partial charge on any atom is 0.146 e. The van der Waals surface area contributed by atoms with Crippen molar-refractivity contribution in [2.75, 3.05) is 31.7 Å². The zero-order valence-corrected chi connectivity index (χ0v) is 9.18. The first-order valence-electron chi connectivity index (χ1n) is 4.98. The lowest BCUT2D eigenvalue weighted by atomic mass is 10.4. The molecule has 0 saturated heterocycles. The molecule has 0 spiro atoms. The molecule has 0 bridgehead atoms. The molecule has 0 atom stereocenters. The van der Waals surface area contributed by atoms with Gasteiger partial charge in [-0.15, -0.1) is 0 Å². The van der Waals surface area contributed by atoms with E-state index in [4.69, 9.17) is 9.84 Å². The Morgan fingerprint density at radius 1 is 1.40 bits per heavy atom. The third kappa shape index (κ3) is 3.81. The van der Waals surface area contributed by atoms with Gasteiger partial charge in [0.1, 0.15) is 5.82 Å². The van der Waals surface area contributed by atoms with Gasteiger partial charge in [-0.1, -0.05) is 0 Å². The summed E-state index contributed by atoms with van der Waals surface area (Å²) in [7, 11) is 1.93. The van der Waals surface area contributed by atoms with Gasteiger partial charge in [0.15, 0.2) is 0 Å². The average molecular weight is 211 g/mol. The largest absolute Gasteiger partial charge is 0.390 e. The Morgan fingerprint density at radius 3 is 2.73 bits per heavy atom. The molecule has 0 aliphatic rings. The Hall–Kier alpha value is -1.20. The Labute approximate surface area is 89.7 Å². The highest BCUT2D eigenvalue weighted by Gasteiger charge is 2.02. The van der Waals surface area contributed by atoms with E-state index in [1.165, 1.54) is 0 Å². The van der Waals surface area contributed by atoms with Crippen LogP contribution in [0, 0.1) is 0 Å². The fourth-order valence-electron chi connectivity index (χ4n) is 1.09. The fourth-order valence-corrected chi connectivity index (χ4v) is 1.09. The predicted molar refractivity (Wildman–Crippen MR) is 57.7 cm³/mol. The molecule has 0 amide bonds. The summed E-state index contributed by atoms with van der Waals surface area (Å²) in [5, 5.41) is 8.80. The molecule has 1 aromatic heterocycles. The molecule has 5 heteroatoms. The summed E-state index contributed by atoms with van der Waals surface area (Å²) in [4.78, 5) is 10.2. The van der Waals surface area contributed by atoms with E-state index < -0.39 is 0 Å². The zero-order valence-electron chi connectivity index (χ0n) is 9.18. The average Bonchev–Trinajstić information content (AvgIpc) is 2.29. The van der Waals surface area contributed by atoms with Gasteiger partial charge in [-0.3, -0.25) is 4.98 Å². The Morgan fingerprint density at radius 2 is 2.20 bits per heavy atom.